The Kier molecular flexibility index (Phi) is 7.67. The zero-order valence-corrected chi connectivity index (χ0v) is 22.6. The second-order valence-corrected chi connectivity index (χ2v) is 10.9. The van der Waals surface area contributed by atoms with Crippen molar-refractivity contribution in [2.24, 2.45) is 0 Å². The highest BCUT2D eigenvalue weighted by Gasteiger charge is 2.24. The van der Waals surface area contributed by atoms with Gasteiger partial charge < -0.3 is 14.4 Å². The van der Waals surface area contributed by atoms with E-state index < -0.39 is 10.0 Å². The maximum absolute atomic E-state index is 13.2. The Balaban J connectivity index is 1.22. The van der Waals surface area contributed by atoms with Gasteiger partial charge in [0, 0.05) is 55.6 Å². The number of amides is 1. The Bertz CT molecular complexity index is 1560. The number of carbonyl (C=O) groups is 1. The minimum absolute atomic E-state index is 0.0859. The first-order valence-electron chi connectivity index (χ1n) is 12.6. The fourth-order valence-corrected chi connectivity index (χ4v) is 6.02. The lowest BCUT2D eigenvalue weighted by molar-refractivity contribution is 0.0626. The number of benzene rings is 3. The predicted molar refractivity (Wildman–Crippen MR) is 150 cm³/mol. The summed E-state index contributed by atoms with van der Waals surface area (Å²) in [5.41, 5.74) is 2.27. The molecule has 1 fully saturated rings. The molecule has 202 valence electrons. The number of nitrogens with one attached hydrogen (secondary N) is 1. The molecule has 0 aliphatic carbocycles. The molecule has 0 radical (unpaired) electrons. The average Bonchev–Trinajstić information content (AvgIpc) is 2.97. The van der Waals surface area contributed by atoms with Gasteiger partial charge in [-0.3, -0.25) is 19.4 Å². The standard InChI is InChI=1S/C29H30N4O5S/c1-37-25-8-4-9-26(38-2)24(25)20-32-16-18-33(19-17-32)29(34)22-11-13-23(14-12-22)31-39(35,36)27-10-3-6-21-7-5-15-30-28(21)27/h3-15,31H,16-20H2,1-2H3. The van der Waals surface area contributed by atoms with Crippen molar-refractivity contribution in [2.75, 3.05) is 45.1 Å². The van der Waals surface area contributed by atoms with E-state index in [9.17, 15) is 13.2 Å². The molecular formula is C29H30N4O5S. The van der Waals surface area contributed by atoms with Crippen molar-refractivity contribution in [3.63, 3.8) is 0 Å². The number of anilines is 1. The fourth-order valence-electron chi connectivity index (χ4n) is 4.78. The summed E-state index contributed by atoms with van der Waals surface area (Å²) in [4.78, 5) is 21.6. The molecule has 0 bridgehead atoms. The van der Waals surface area contributed by atoms with E-state index in [1.54, 1.807) is 56.8 Å². The zero-order chi connectivity index (χ0) is 27.4. The van der Waals surface area contributed by atoms with Crippen LogP contribution in [0, 0.1) is 0 Å². The van der Waals surface area contributed by atoms with Crippen molar-refractivity contribution in [3.05, 3.63) is 90.1 Å². The van der Waals surface area contributed by atoms with E-state index in [2.05, 4.69) is 14.6 Å². The van der Waals surface area contributed by atoms with Gasteiger partial charge in [-0.1, -0.05) is 24.3 Å². The van der Waals surface area contributed by atoms with Crippen LogP contribution < -0.4 is 14.2 Å². The lowest BCUT2D eigenvalue weighted by atomic mass is 10.1. The monoisotopic (exact) mass is 546 g/mol. The summed E-state index contributed by atoms with van der Waals surface area (Å²) in [6.45, 7) is 3.25. The Morgan fingerprint density at radius 2 is 1.51 bits per heavy atom. The molecular weight excluding hydrogens is 516 g/mol. The molecule has 4 aromatic rings. The Morgan fingerprint density at radius 1 is 0.872 bits per heavy atom. The largest absolute Gasteiger partial charge is 0.496 e. The number of sulfonamides is 1. The zero-order valence-electron chi connectivity index (χ0n) is 21.8. The maximum atomic E-state index is 13.2. The summed E-state index contributed by atoms with van der Waals surface area (Å²) < 4.78 is 39.8. The fraction of sp³-hybridized carbons (Fsp3) is 0.241. The van der Waals surface area contributed by atoms with Crippen LogP contribution in [-0.4, -0.2) is 69.5 Å². The third kappa shape index (κ3) is 5.67. The van der Waals surface area contributed by atoms with Crippen molar-refractivity contribution in [1.29, 1.82) is 0 Å². The van der Waals surface area contributed by atoms with Crippen LogP contribution >= 0.6 is 0 Å². The number of hydrogen-bond acceptors (Lipinski definition) is 7. The highest BCUT2D eigenvalue weighted by molar-refractivity contribution is 7.93. The molecule has 0 saturated carbocycles. The highest BCUT2D eigenvalue weighted by atomic mass is 32.2. The van der Waals surface area contributed by atoms with E-state index in [0.717, 1.165) is 22.4 Å². The summed E-state index contributed by atoms with van der Waals surface area (Å²) in [5, 5.41) is 0.739. The SMILES string of the molecule is COc1cccc(OC)c1CN1CCN(C(=O)c2ccc(NS(=O)(=O)c3cccc4cccnc34)cc2)CC1. The third-order valence-corrected chi connectivity index (χ3v) is 8.25. The van der Waals surface area contributed by atoms with Crippen molar-refractivity contribution in [3.8, 4) is 11.5 Å². The normalized spacial score (nSPS) is 14.3. The molecule has 10 heteroatoms. The summed E-state index contributed by atoms with van der Waals surface area (Å²) in [6, 6.07) is 20.8. The van der Waals surface area contributed by atoms with Crippen molar-refractivity contribution >= 4 is 32.5 Å². The lowest BCUT2D eigenvalue weighted by Crippen LogP contribution is -2.48. The molecule has 5 rings (SSSR count). The number of para-hydroxylation sites is 1. The van der Waals surface area contributed by atoms with Crippen LogP contribution in [0.1, 0.15) is 15.9 Å². The smallest absolute Gasteiger partial charge is 0.264 e. The van der Waals surface area contributed by atoms with Crippen LogP contribution in [-0.2, 0) is 16.6 Å². The number of rotatable bonds is 8. The van der Waals surface area contributed by atoms with Crippen molar-refractivity contribution in [2.45, 2.75) is 11.4 Å². The number of nitrogens with zero attached hydrogens (tertiary/aromatic N) is 3. The van der Waals surface area contributed by atoms with Gasteiger partial charge in [0.25, 0.3) is 15.9 Å². The number of methoxy groups -OCH3 is 2. The minimum Gasteiger partial charge on any atom is -0.496 e. The lowest BCUT2D eigenvalue weighted by Gasteiger charge is -2.35. The Hall–Kier alpha value is -4.15. The van der Waals surface area contributed by atoms with Crippen LogP contribution in [0.25, 0.3) is 10.9 Å². The van der Waals surface area contributed by atoms with Gasteiger partial charge in [0.1, 0.15) is 16.4 Å². The quantitative estimate of drug-likeness (QED) is 0.356. The van der Waals surface area contributed by atoms with Crippen LogP contribution in [0.15, 0.2) is 83.9 Å². The third-order valence-electron chi connectivity index (χ3n) is 6.84. The molecule has 1 aliphatic rings. The molecule has 1 aliphatic heterocycles. The van der Waals surface area contributed by atoms with E-state index >= 15 is 0 Å². The summed E-state index contributed by atoms with van der Waals surface area (Å²) in [6.07, 6.45) is 1.57. The van der Waals surface area contributed by atoms with E-state index in [1.165, 1.54) is 6.07 Å². The first-order chi connectivity index (χ1) is 18.9. The minimum atomic E-state index is -3.87. The number of aromatic nitrogens is 1. The van der Waals surface area contributed by atoms with Crippen LogP contribution in [0.4, 0.5) is 5.69 Å². The summed E-state index contributed by atoms with van der Waals surface area (Å²) in [5.74, 6) is 1.47. The molecule has 3 aromatic carbocycles. The highest BCUT2D eigenvalue weighted by Crippen LogP contribution is 2.30. The second kappa shape index (κ2) is 11.3. The summed E-state index contributed by atoms with van der Waals surface area (Å²) in [7, 11) is -0.577. The number of piperazine rings is 1. The van der Waals surface area contributed by atoms with Gasteiger partial charge in [0.2, 0.25) is 0 Å². The van der Waals surface area contributed by atoms with Gasteiger partial charge in [-0.15, -0.1) is 0 Å². The van der Waals surface area contributed by atoms with Gasteiger partial charge >= 0.3 is 0 Å². The van der Waals surface area contributed by atoms with Gasteiger partial charge in [0.05, 0.1) is 25.3 Å². The molecule has 0 unspecified atom stereocenters. The van der Waals surface area contributed by atoms with Crippen molar-refractivity contribution < 1.29 is 22.7 Å². The number of hydrogen-bond donors (Lipinski definition) is 1. The van der Waals surface area contributed by atoms with Crippen molar-refractivity contribution in [1.82, 2.24) is 14.8 Å². The van der Waals surface area contributed by atoms with E-state index in [4.69, 9.17) is 9.47 Å². The molecule has 1 aromatic heterocycles. The van der Waals surface area contributed by atoms with E-state index in [-0.39, 0.29) is 10.8 Å². The van der Waals surface area contributed by atoms with Gasteiger partial charge in [-0.25, -0.2) is 8.42 Å². The van der Waals surface area contributed by atoms with Crippen LogP contribution in [0.3, 0.4) is 0 Å². The number of pyridine rings is 1. The molecule has 0 atom stereocenters. The van der Waals surface area contributed by atoms with Gasteiger partial charge in [-0.05, 0) is 48.5 Å². The summed E-state index contributed by atoms with van der Waals surface area (Å²) >= 11 is 0. The molecule has 39 heavy (non-hydrogen) atoms. The molecule has 1 amide bonds. The number of carbonyl (C=O) groups excluding carboxylic acids is 1. The molecule has 0 spiro atoms. The first kappa shape index (κ1) is 26.5. The van der Waals surface area contributed by atoms with E-state index in [0.29, 0.717) is 49.5 Å². The molecule has 1 saturated heterocycles. The van der Waals surface area contributed by atoms with Gasteiger partial charge in [-0.2, -0.15) is 0 Å². The molecule has 2 heterocycles. The predicted octanol–water partition coefficient (Wildman–Crippen LogP) is 4.01. The Morgan fingerprint density at radius 3 is 2.18 bits per heavy atom. The van der Waals surface area contributed by atoms with Crippen LogP contribution in [0.2, 0.25) is 0 Å². The van der Waals surface area contributed by atoms with E-state index in [1.807, 2.05) is 35.2 Å². The molecule has 1 N–H and O–H groups in total. The topological polar surface area (TPSA) is 101 Å². The first-order valence-corrected chi connectivity index (χ1v) is 14.1. The van der Waals surface area contributed by atoms with Crippen LogP contribution in [0.5, 0.6) is 11.5 Å². The number of ether oxygens (including phenoxy) is 2. The second-order valence-electron chi connectivity index (χ2n) is 9.22. The number of fused-ring (bicyclic) bond motifs is 1. The Labute approximate surface area is 228 Å². The maximum Gasteiger partial charge on any atom is 0.264 e. The average molecular weight is 547 g/mol. The van der Waals surface area contributed by atoms with Gasteiger partial charge in [0.15, 0.2) is 0 Å². The molecule has 9 nitrogen and oxygen atoms in total.